The molecule has 156 valence electrons. The largest absolute Gasteiger partial charge is 0.462 e. The van der Waals surface area contributed by atoms with Crippen LogP contribution >= 0.6 is 23.1 Å². The minimum absolute atomic E-state index is 0.0491. The summed E-state index contributed by atoms with van der Waals surface area (Å²) in [6.45, 7) is 5.90. The van der Waals surface area contributed by atoms with Gasteiger partial charge in [0.05, 0.1) is 12.2 Å². The molecule has 1 aromatic heterocycles. The number of hydrogen-bond donors (Lipinski definition) is 1. The van der Waals surface area contributed by atoms with E-state index < -0.39 is 0 Å². The number of amides is 1. The Bertz CT molecular complexity index is 862. The highest BCUT2D eigenvalue weighted by Gasteiger charge is 2.28. The third-order valence-corrected chi connectivity index (χ3v) is 7.05. The molecule has 1 amide bonds. The average molecular weight is 433 g/mol. The number of nitrogens with zero attached hydrogens (tertiary/aromatic N) is 1. The van der Waals surface area contributed by atoms with Gasteiger partial charge in [0.1, 0.15) is 5.00 Å². The highest BCUT2D eigenvalue weighted by molar-refractivity contribution is 7.99. The standard InChI is InChI=1S/C22H28N2O3S2/c1-4-27-22(26)20-17-11-12-24(3)14-18(17)29-21(20)23-19(25)6-5-13-28-16-9-7-15(2)8-10-16/h7-10H,4-6,11-14H2,1-3H3,(H,23,25). The molecule has 0 radical (unpaired) electrons. The van der Waals surface area contributed by atoms with Crippen LogP contribution in [0.15, 0.2) is 29.2 Å². The van der Waals surface area contributed by atoms with E-state index in [4.69, 9.17) is 4.74 Å². The Labute approximate surface area is 180 Å². The van der Waals surface area contributed by atoms with Gasteiger partial charge in [-0.05, 0) is 57.2 Å². The molecule has 2 aromatic rings. The van der Waals surface area contributed by atoms with Crippen molar-refractivity contribution in [2.45, 2.75) is 44.6 Å². The second kappa shape index (κ2) is 10.3. The summed E-state index contributed by atoms with van der Waals surface area (Å²) in [6, 6.07) is 8.42. The Balaban J connectivity index is 1.59. The Kier molecular flexibility index (Phi) is 7.75. The SMILES string of the molecule is CCOC(=O)c1c(NC(=O)CCCSc2ccc(C)cc2)sc2c1CCN(C)C2. The minimum atomic E-state index is -0.334. The third-order valence-electron chi connectivity index (χ3n) is 4.82. The lowest BCUT2D eigenvalue weighted by Crippen LogP contribution is -2.26. The Morgan fingerprint density at radius 3 is 2.76 bits per heavy atom. The van der Waals surface area contributed by atoms with Crippen molar-refractivity contribution in [3.8, 4) is 0 Å². The van der Waals surface area contributed by atoms with Gasteiger partial charge in [-0.2, -0.15) is 0 Å². The molecule has 1 aromatic carbocycles. The topological polar surface area (TPSA) is 58.6 Å². The van der Waals surface area contributed by atoms with Crippen LogP contribution in [0.25, 0.3) is 0 Å². The van der Waals surface area contributed by atoms with Crippen molar-refractivity contribution in [3.05, 3.63) is 45.8 Å². The van der Waals surface area contributed by atoms with Crippen molar-refractivity contribution in [2.24, 2.45) is 0 Å². The number of aryl methyl sites for hydroxylation is 1. The molecule has 0 unspecified atom stereocenters. The van der Waals surface area contributed by atoms with Crippen LogP contribution in [0.2, 0.25) is 0 Å². The van der Waals surface area contributed by atoms with Crippen molar-refractivity contribution >= 4 is 40.0 Å². The molecule has 0 fully saturated rings. The second-order valence-corrected chi connectivity index (χ2v) is 9.50. The molecule has 0 saturated heterocycles. The van der Waals surface area contributed by atoms with Gasteiger partial charge < -0.3 is 15.0 Å². The second-order valence-electron chi connectivity index (χ2n) is 7.23. The van der Waals surface area contributed by atoms with Gasteiger partial charge >= 0.3 is 5.97 Å². The predicted molar refractivity (Wildman–Crippen MR) is 120 cm³/mol. The highest BCUT2D eigenvalue weighted by Crippen LogP contribution is 2.37. The number of benzene rings is 1. The van der Waals surface area contributed by atoms with Crippen LogP contribution in [-0.4, -0.2) is 42.7 Å². The van der Waals surface area contributed by atoms with Crippen molar-refractivity contribution < 1.29 is 14.3 Å². The number of likely N-dealkylation sites (N-methyl/N-ethyl adjacent to an activating group) is 1. The first kappa shape index (κ1) is 21.9. The fraction of sp³-hybridized carbons (Fsp3) is 0.455. The van der Waals surface area contributed by atoms with E-state index in [1.165, 1.54) is 21.8 Å². The van der Waals surface area contributed by atoms with Crippen molar-refractivity contribution in [1.82, 2.24) is 4.90 Å². The molecule has 29 heavy (non-hydrogen) atoms. The fourth-order valence-corrected chi connectivity index (χ4v) is 5.47. The molecule has 1 N–H and O–H groups in total. The molecule has 0 saturated carbocycles. The van der Waals surface area contributed by atoms with Crippen molar-refractivity contribution in [2.75, 3.05) is 31.3 Å². The van der Waals surface area contributed by atoms with Crippen molar-refractivity contribution in [3.63, 3.8) is 0 Å². The molecule has 2 heterocycles. The molecule has 0 atom stereocenters. The summed E-state index contributed by atoms with van der Waals surface area (Å²) in [4.78, 5) is 29.6. The minimum Gasteiger partial charge on any atom is -0.462 e. The van der Waals surface area contributed by atoms with Gasteiger partial charge in [-0.25, -0.2) is 4.79 Å². The molecule has 1 aliphatic rings. The van der Waals surface area contributed by atoms with E-state index in [1.54, 1.807) is 18.7 Å². The zero-order chi connectivity index (χ0) is 20.8. The molecule has 0 spiro atoms. The van der Waals surface area contributed by atoms with Gasteiger partial charge in [-0.15, -0.1) is 23.1 Å². The van der Waals surface area contributed by atoms with Gasteiger partial charge in [0.15, 0.2) is 0 Å². The highest BCUT2D eigenvalue weighted by atomic mass is 32.2. The first-order valence-electron chi connectivity index (χ1n) is 9.97. The van der Waals surface area contributed by atoms with Gasteiger partial charge in [-0.3, -0.25) is 4.79 Å². The summed E-state index contributed by atoms with van der Waals surface area (Å²) in [5.74, 6) is 0.499. The average Bonchev–Trinajstić information content (AvgIpc) is 3.03. The van der Waals surface area contributed by atoms with E-state index in [1.807, 2.05) is 0 Å². The normalized spacial score (nSPS) is 13.8. The molecule has 0 aliphatic carbocycles. The smallest absolute Gasteiger partial charge is 0.341 e. The monoisotopic (exact) mass is 432 g/mol. The number of ether oxygens (including phenoxy) is 1. The molecular formula is C22H28N2O3S2. The maximum absolute atomic E-state index is 12.5. The Morgan fingerprint density at radius 1 is 1.28 bits per heavy atom. The lowest BCUT2D eigenvalue weighted by molar-refractivity contribution is -0.116. The number of thiophene rings is 1. The van der Waals surface area contributed by atoms with E-state index >= 15 is 0 Å². The number of carbonyl (C=O) groups is 2. The number of carbonyl (C=O) groups excluding carboxylic acids is 2. The van der Waals surface area contributed by atoms with Gasteiger partial charge in [-0.1, -0.05) is 17.7 Å². The predicted octanol–water partition coefficient (Wildman–Crippen LogP) is 4.73. The fourth-order valence-electron chi connectivity index (χ4n) is 3.28. The van der Waals surface area contributed by atoms with E-state index in [0.29, 0.717) is 23.6 Å². The summed E-state index contributed by atoms with van der Waals surface area (Å²) in [5, 5.41) is 3.62. The van der Waals surface area contributed by atoms with Crippen LogP contribution < -0.4 is 5.32 Å². The number of thioether (sulfide) groups is 1. The Hall–Kier alpha value is -1.83. The number of hydrogen-bond acceptors (Lipinski definition) is 6. The molecule has 5 nitrogen and oxygen atoms in total. The van der Waals surface area contributed by atoms with Crippen LogP contribution in [0, 0.1) is 6.92 Å². The molecule has 0 bridgehead atoms. The van der Waals surface area contributed by atoms with E-state index in [0.717, 1.165) is 42.1 Å². The third kappa shape index (κ3) is 5.84. The van der Waals surface area contributed by atoms with Crippen molar-refractivity contribution in [1.29, 1.82) is 0 Å². The van der Waals surface area contributed by atoms with Crippen LogP contribution in [0.1, 0.15) is 46.1 Å². The van der Waals surface area contributed by atoms with E-state index in [9.17, 15) is 9.59 Å². The van der Waals surface area contributed by atoms with Gasteiger partial charge in [0.2, 0.25) is 5.91 Å². The van der Waals surface area contributed by atoms with Crippen LogP contribution in [0.5, 0.6) is 0 Å². The number of rotatable bonds is 8. The van der Waals surface area contributed by atoms with Gasteiger partial charge in [0, 0.05) is 29.3 Å². The number of fused-ring (bicyclic) bond motifs is 1. The zero-order valence-corrected chi connectivity index (χ0v) is 18.9. The summed E-state index contributed by atoms with van der Waals surface area (Å²) in [5.41, 5.74) is 2.84. The summed E-state index contributed by atoms with van der Waals surface area (Å²) >= 11 is 3.26. The molecular weight excluding hydrogens is 404 g/mol. The Morgan fingerprint density at radius 2 is 2.03 bits per heavy atom. The first-order valence-corrected chi connectivity index (χ1v) is 11.8. The van der Waals surface area contributed by atoms with Crippen LogP contribution in [-0.2, 0) is 22.5 Å². The van der Waals surface area contributed by atoms with E-state index in [-0.39, 0.29) is 11.9 Å². The van der Waals surface area contributed by atoms with Gasteiger partial charge in [0.25, 0.3) is 0 Å². The quantitative estimate of drug-likeness (QED) is 0.371. The number of anilines is 1. The molecule has 1 aliphatic heterocycles. The summed E-state index contributed by atoms with van der Waals surface area (Å²) in [6.07, 6.45) is 2.02. The zero-order valence-electron chi connectivity index (χ0n) is 17.2. The summed E-state index contributed by atoms with van der Waals surface area (Å²) in [7, 11) is 2.07. The van der Waals surface area contributed by atoms with Crippen LogP contribution in [0.4, 0.5) is 5.00 Å². The number of esters is 1. The maximum atomic E-state index is 12.5. The van der Waals surface area contributed by atoms with Crippen LogP contribution in [0.3, 0.4) is 0 Å². The summed E-state index contributed by atoms with van der Waals surface area (Å²) < 4.78 is 5.26. The molecule has 7 heteroatoms. The number of nitrogens with one attached hydrogen (secondary N) is 1. The first-order chi connectivity index (χ1) is 14.0. The lowest BCUT2D eigenvalue weighted by atomic mass is 10.0. The maximum Gasteiger partial charge on any atom is 0.341 e. The van der Waals surface area contributed by atoms with E-state index in [2.05, 4.69) is 48.5 Å². The molecule has 3 rings (SSSR count). The lowest BCUT2D eigenvalue weighted by Gasteiger charge is -2.22.